The second-order valence-electron chi connectivity index (χ2n) is 0.513. The molecule has 0 aromatic heterocycles. The summed E-state index contributed by atoms with van der Waals surface area (Å²) in [6.45, 7) is 0. The van der Waals surface area contributed by atoms with Gasteiger partial charge in [0, 0.05) is 37.7 Å². The minimum Gasteiger partial charge on any atom is -0.412 e. The predicted octanol–water partition coefficient (Wildman–Crippen LogP) is -1.75. The second kappa shape index (κ2) is 5.47. The van der Waals surface area contributed by atoms with Gasteiger partial charge in [-0.3, -0.25) is 0 Å². The molecule has 0 bridgehead atoms. The van der Waals surface area contributed by atoms with Gasteiger partial charge in [0.25, 0.3) is 0 Å². The first kappa shape index (κ1) is 15.8. The van der Waals surface area contributed by atoms with Crippen molar-refractivity contribution in [1.29, 1.82) is 0 Å². The Hall–Kier alpha value is 1.33. The standard InChI is InChI=1S/Ar.H3O4P.H2O/c;1-5(2,3)4;/h;(H3,1,2,3,4);1H2. The second-order valence-corrected chi connectivity index (χ2v) is 1.54. The van der Waals surface area contributed by atoms with Gasteiger partial charge in [-0.05, 0) is 0 Å². The van der Waals surface area contributed by atoms with Gasteiger partial charge >= 0.3 is 7.82 Å². The van der Waals surface area contributed by atoms with Crippen LogP contribution in [0.2, 0.25) is 0 Å². The molecule has 0 amide bonds. The van der Waals surface area contributed by atoms with Crippen LogP contribution < -0.4 is 0 Å². The van der Waals surface area contributed by atoms with E-state index in [1.807, 2.05) is 0 Å². The molecule has 7 heavy (non-hydrogen) atoms. The van der Waals surface area contributed by atoms with Crippen LogP contribution in [0, 0.1) is 37.7 Å². The van der Waals surface area contributed by atoms with Crippen molar-refractivity contribution in [2.45, 2.75) is 0 Å². The Kier molecular flexibility index (Phi) is 12.3. The van der Waals surface area contributed by atoms with Crippen molar-refractivity contribution in [3.8, 4) is 0 Å². The zero-order valence-corrected chi connectivity index (χ0v) is 4.65. The molecule has 0 fully saturated rings. The fraction of sp³-hybridized carbons (Fsp3) is 0. The Morgan fingerprint density at radius 3 is 1.14 bits per heavy atom. The monoisotopic (exact) mass is 156 g/mol. The molecule has 0 aromatic carbocycles. The Balaban J connectivity index is -0.0000000800. The third-order valence-corrected chi connectivity index (χ3v) is 0. The first-order valence-corrected chi connectivity index (χ1v) is 2.35. The summed E-state index contributed by atoms with van der Waals surface area (Å²) in [6.07, 6.45) is 0. The maximum Gasteiger partial charge on any atom is 0.466 e. The SMILES string of the molecule is O.O=P(O)(O)O.[Ar]. The van der Waals surface area contributed by atoms with Crippen molar-refractivity contribution < 1.29 is 62.5 Å². The van der Waals surface area contributed by atoms with Crippen molar-refractivity contribution in [3.05, 3.63) is 0 Å². The van der Waals surface area contributed by atoms with Crippen LogP contribution in [0.1, 0.15) is 0 Å². The molecule has 0 aromatic rings. The van der Waals surface area contributed by atoms with Crippen LogP contribution in [0.3, 0.4) is 0 Å². The average molecular weight is 156 g/mol. The van der Waals surface area contributed by atoms with Crippen molar-refractivity contribution >= 4 is 7.82 Å². The van der Waals surface area contributed by atoms with Gasteiger partial charge in [-0.25, -0.2) is 4.57 Å². The minimum absolute atomic E-state index is 0. The fourth-order valence-electron chi connectivity index (χ4n) is 0. The molecule has 0 saturated heterocycles. The van der Waals surface area contributed by atoms with E-state index in [1.165, 1.54) is 0 Å². The number of phosphoric acid groups is 1. The molecule has 0 aliphatic carbocycles. The van der Waals surface area contributed by atoms with Gasteiger partial charge in [-0.15, -0.1) is 0 Å². The van der Waals surface area contributed by atoms with Crippen molar-refractivity contribution in [3.63, 3.8) is 0 Å². The van der Waals surface area contributed by atoms with E-state index in [0.29, 0.717) is 0 Å². The molecule has 0 unspecified atom stereocenters. The third-order valence-electron chi connectivity index (χ3n) is 0. The molecule has 5 N–H and O–H groups in total. The van der Waals surface area contributed by atoms with E-state index in [0.717, 1.165) is 0 Å². The van der Waals surface area contributed by atoms with E-state index < -0.39 is 7.82 Å². The first-order valence-electron chi connectivity index (χ1n) is 0.783. The predicted molar refractivity (Wildman–Crippen MR) is 17.9 cm³/mol. The van der Waals surface area contributed by atoms with Gasteiger partial charge in [-0.2, -0.15) is 0 Å². The molecule has 0 saturated carbocycles. The molecule has 0 spiro atoms. The topological polar surface area (TPSA) is 109 Å². The van der Waals surface area contributed by atoms with E-state index in [-0.39, 0.29) is 43.2 Å². The summed E-state index contributed by atoms with van der Waals surface area (Å²) >= 11 is 0. The summed E-state index contributed by atoms with van der Waals surface area (Å²) in [6, 6.07) is 0. The molecule has 0 rings (SSSR count). The fourth-order valence-corrected chi connectivity index (χ4v) is 0. The van der Waals surface area contributed by atoms with Gasteiger partial charge in [0.1, 0.15) is 0 Å². The van der Waals surface area contributed by atoms with Crippen LogP contribution in [0.4, 0.5) is 0 Å². The van der Waals surface area contributed by atoms with E-state index in [2.05, 4.69) is 0 Å². The summed E-state index contributed by atoms with van der Waals surface area (Å²) in [5.41, 5.74) is 0. The normalized spacial score (nSPS) is 8.43. The minimum atomic E-state index is -4.64. The Labute approximate surface area is 69.9 Å². The summed E-state index contributed by atoms with van der Waals surface area (Å²) in [7, 11) is -4.64. The summed E-state index contributed by atoms with van der Waals surface area (Å²) in [5, 5.41) is 0. The van der Waals surface area contributed by atoms with Gasteiger partial charge in [0.15, 0.2) is 0 Å². The maximum atomic E-state index is 8.88. The van der Waals surface area contributed by atoms with Crippen LogP contribution in [-0.4, -0.2) is 20.2 Å². The molecular weight excluding hydrogens is 151 g/mol. The zero-order chi connectivity index (χ0) is 4.50. The van der Waals surface area contributed by atoms with Crippen molar-refractivity contribution in [1.82, 2.24) is 0 Å². The van der Waals surface area contributed by atoms with E-state index in [9.17, 15) is 0 Å². The van der Waals surface area contributed by atoms with Gasteiger partial charge < -0.3 is 20.2 Å². The molecule has 48 valence electrons. The number of hydrogen-bond donors (Lipinski definition) is 3. The van der Waals surface area contributed by atoms with E-state index in [4.69, 9.17) is 19.2 Å². The molecular formula is H5ArO5P. The number of rotatable bonds is 0. The van der Waals surface area contributed by atoms with Crippen LogP contribution in [0.25, 0.3) is 0 Å². The average Bonchev–Trinajstić information content (AvgIpc) is 0.722. The van der Waals surface area contributed by atoms with E-state index >= 15 is 0 Å². The quantitative estimate of drug-likeness (QED) is 0.361. The van der Waals surface area contributed by atoms with Crippen LogP contribution in [-0.2, 0) is 4.57 Å². The van der Waals surface area contributed by atoms with Crippen LogP contribution in [0.15, 0.2) is 0 Å². The smallest absolute Gasteiger partial charge is 0.412 e. The molecule has 0 aliphatic rings. The van der Waals surface area contributed by atoms with Gasteiger partial charge in [0.05, 0.1) is 0 Å². The molecule has 0 radical (unpaired) electrons. The maximum absolute atomic E-state index is 8.88. The molecule has 7 heteroatoms. The number of hydrogen-bond acceptors (Lipinski definition) is 1. The Bertz CT molecular complexity index is 54.2. The van der Waals surface area contributed by atoms with Crippen molar-refractivity contribution in [2.24, 2.45) is 0 Å². The van der Waals surface area contributed by atoms with E-state index in [1.54, 1.807) is 0 Å². The molecule has 5 nitrogen and oxygen atoms in total. The first-order chi connectivity index (χ1) is 2.00. The molecule has 0 atom stereocenters. The van der Waals surface area contributed by atoms with Crippen LogP contribution >= 0.6 is 7.82 Å². The summed E-state index contributed by atoms with van der Waals surface area (Å²) in [5.74, 6) is 0. The Morgan fingerprint density at radius 2 is 1.14 bits per heavy atom. The summed E-state index contributed by atoms with van der Waals surface area (Å²) < 4.78 is 8.88. The van der Waals surface area contributed by atoms with Crippen molar-refractivity contribution in [2.75, 3.05) is 0 Å². The third kappa shape index (κ3) is 118. The molecule has 0 aliphatic heterocycles. The molecule has 0 heterocycles. The summed E-state index contributed by atoms with van der Waals surface area (Å²) in [4.78, 5) is 21.6. The van der Waals surface area contributed by atoms with Crippen LogP contribution in [0.5, 0.6) is 0 Å². The Morgan fingerprint density at radius 1 is 1.14 bits per heavy atom. The van der Waals surface area contributed by atoms with Gasteiger partial charge in [-0.1, -0.05) is 0 Å². The largest absolute Gasteiger partial charge is 0.466 e. The van der Waals surface area contributed by atoms with Gasteiger partial charge in [0.2, 0.25) is 0 Å². The zero-order valence-electron chi connectivity index (χ0n) is 3.05.